The van der Waals surface area contributed by atoms with Crippen LogP contribution < -0.4 is 0 Å². The van der Waals surface area contributed by atoms with Gasteiger partial charge in [0.15, 0.2) is 0 Å². The summed E-state index contributed by atoms with van der Waals surface area (Å²) in [6.45, 7) is 4.11. The average molecular weight is 231 g/mol. The van der Waals surface area contributed by atoms with Crippen molar-refractivity contribution in [1.82, 2.24) is 4.90 Å². The van der Waals surface area contributed by atoms with E-state index in [4.69, 9.17) is 5.11 Å². The van der Waals surface area contributed by atoms with E-state index in [1.807, 2.05) is 0 Å². The normalized spacial score (nSPS) is 21.0. The van der Waals surface area contributed by atoms with Crippen molar-refractivity contribution in [2.75, 3.05) is 11.6 Å². The fraction of sp³-hybridized carbons (Fsp3) is 0.800. The van der Waals surface area contributed by atoms with Crippen LogP contribution in [0.15, 0.2) is 0 Å². The van der Waals surface area contributed by atoms with Crippen molar-refractivity contribution in [2.24, 2.45) is 5.92 Å². The van der Waals surface area contributed by atoms with E-state index in [1.54, 1.807) is 0 Å². The van der Waals surface area contributed by atoms with Gasteiger partial charge in [0.2, 0.25) is 5.91 Å². The Balaban J connectivity index is 2.47. The molecule has 15 heavy (non-hydrogen) atoms. The predicted molar refractivity (Wildman–Crippen MR) is 59.7 cm³/mol. The number of aliphatic carboxylic acids is 1. The van der Waals surface area contributed by atoms with Gasteiger partial charge in [-0.3, -0.25) is 4.79 Å². The average Bonchev–Trinajstić information content (AvgIpc) is 2.62. The summed E-state index contributed by atoms with van der Waals surface area (Å²) in [4.78, 5) is 24.0. The van der Waals surface area contributed by atoms with Crippen LogP contribution in [-0.4, -0.2) is 39.6 Å². The van der Waals surface area contributed by atoms with E-state index in [0.29, 0.717) is 24.0 Å². The molecule has 1 aliphatic heterocycles. The predicted octanol–water partition coefficient (Wildman–Crippen LogP) is 1.41. The monoisotopic (exact) mass is 231 g/mol. The molecule has 1 N–H and O–H groups in total. The Kier molecular flexibility index (Phi) is 4.45. The molecule has 0 unspecified atom stereocenters. The van der Waals surface area contributed by atoms with E-state index in [9.17, 15) is 9.59 Å². The molecule has 86 valence electrons. The smallest absolute Gasteiger partial charge is 0.327 e. The second-order valence-electron chi connectivity index (χ2n) is 4.15. The van der Waals surface area contributed by atoms with Crippen LogP contribution in [0.2, 0.25) is 0 Å². The number of rotatable bonds is 4. The number of nitrogens with zero attached hydrogens (tertiary/aromatic N) is 1. The number of amides is 1. The van der Waals surface area contributed by atoms with Crippen molar-refractivity contribution in [3.05, 3.63) is 0 Å². The highest BCUT2D eigenvalue weighted by atomic mass is 32.2. The van der Waals surface area contributed by atoms with Gasteiger partial charge in [0.05, 0.1) is 5.88 Å². The SMILES string of the molecule is CC(C)CCC(=O)N1CSC[C@H]1C(=O)O. The number of thioether (sulfide) groups is 1. The minimum absolute atomic E-state index is 0.0268. The molecule has 0 aromatic heterocycles. The van der Waals surface area contributed by atoms with Crippen LogP contribution >= 0.6 is 11.8 Å². The summed E-state index contributed by atoms with van der Waals surface area (Å²) in [6, 6.07) is -0.616. The zero-order valence-corrected chi connectivity index (χ0v) is 9.92. The largest absolute Gasteiger partial charge is 0.480 e. The molecule has 1 amide bonds. The standard InChI is InChI=1S/C10H17NO3S/c1-7(2)3-4-9(12)11-6-15-5-8(11)10(13)14/h7-8H,3-6H2,1-2H3,(H,13,14)/t8-/m0/s1. The summed E-state index contributed by atoms with van der Waals surface area (Å²) in [5.74, 6) is 0.600. The lowest BCUT2D eigenvalue weighted by molar-refractivity contribution is -0.147. The molecule has 0 aromatic rings. The quantitative estimate of drug-likeness (QED) is 0.794. The fourth-order valence-electron chi connectivity index (χ4n) is 1.45. The minimum Gasteiger partial charge on any atom is -0.480 e. The Morgan fingerprint density at radius 3 is 2.73 bits per heavy atom. The van der Waals surface area contributed by atoms with Gasteiger partial charge >= 0.3 is 5.97 Å². The van der Waals surface area contributed by atoms with Gasteiger partial charge in [-0.05, 0) is 12.3 Å². The zero-order chi connectivity index (χ0) is 11.4. The van der Waals surface area contributed by atoms with Crippen molar-refractivity contribution in [1.29, 1.82) is 0 Å². The number of carbonyl (C=O) groups excluding carboxylic acids is 1. The van der Waals surface area contributed by atoms with Crippen LogP contribution in [0.4, 0.5) is 0 Å². The van der Waals surface area contributed by atoms with Crippen molar-refractivity contribution in [3.8, 4) is 0 Å². The van der Waals surface area contributed by atoms with Crippen LogP contribution in [-0.2, 0) is 9.59 Å². The summed E-state index contributed by atoms with van der Waals surface area (Å²) >= 11 is 1.51. The van der Waals surface area contributed by atoms with Crippen LogP contribution in [0.5, 0.6) is 0 Å². The number of hydrogen-bond donors (Lipinski definition) is 1. The third-order valence-electron chi connectivity index (χ3n) is 2.42. The molecule has 1 rings (SSSR count). The van der Waals surface area contributed by atoms with Gasteiger partial charge in [-0.2, -0.15) is 0 Å². The summed E-state index contributed by atoms with van der Waals surface area (Å²) in [6.07, 6.45) is 1.29. The number of hydrogen-bond acceptors (Lipinski definition) is 3. The Labute approximate surface area is 94.0 Å². The van der Waals surface area contributed by atoms with E-state index in [-0.39, 0.29) is 5.91 Å². The fourth-order valence-corrected chi connectivity index (χ4v) is 2.62. The van der Waals surface area contributed by atoms with Gasteiger partial charge in [-0.15, -0.1) is 11.8 Å². The molecule has 5 heteroatoms. The molecule has 1 aliphatic rings. The Morgan fingerprint density at radius 1 is 1.53 bits per heavy atom. The zero-order valence-electron chi connectivity index (χ0n) is 9.10. The van der Waals surface area contributed by atoms with Crippen LogP contribution in [0, 0.1) is 5.92 Å². The third kappa shape index (κ3) is 3.41. The Bertz CT molecular complexity index is 255. The van der Waals surface area contributed by atoms with Crippen LogP contribution in [0.1, 0.15) is 26.7 Å². The highest BCUT2D eigenvalue weighted by Crippen LogP contribution is 2.22. The molecule has 0 spiro atoms. The van der Waals surface area contributed by atoms with Crippen molar-refractivity contribution < 1.29 is 14.7 Å². The van der Waals surface area contributed by atoms with E-state index in [0.717, 1.165) is 6.42 Å². The summed E-state index contributed by atoms with van der Waals surface area (Å²) in [7, 11) is 0. The lowest BCUT2D eigenvalue weighted by atomic mass is 10.1. The maximum absolute atomic E-state index is 11.7. The second-order valence-corrected chi connectivity index (χ2v) is 5.15. The summed E-state index contributed by atoms with van der Waals surface area (Å²) in [5, 5.41) is 8.90. The molecule has 1 heterocycles. The van der Waals surface area contributed by atoms with E-state index in [1.165, 1.54) is 16.7 Å². The first kappa shape index (κ1) is 12.4. The second kappa shape index (κ2) is 5.39. The van der Waals surface area contributed by atoms with Gasteiger partial charge in [0, 0.05) is 12.2 Å². The molecular weight excluding hydrogens is 214 g/mol. The maximum Gasteiger partial charge on any atom is 0.327 e. The van der Waals surface area contributed by atoms with Crippen molar-refractivity contribution >= 4 is 23.6 Å². The molecule has 1 fully saturated rings. The molecule has 0 bridgehead atoms. The van der Waals surface area contributed by atoms with E-state index < -0.39 is 12.0 Å². The van der Waals surface area contributed by atoms with Gasteiger partial charge in [0.25, 0.3) is 0 Å². The topological polar surface area (TPSA) is 57.6 Å². The highest BCUT2D eigenvalue weighted by Gasteiger charge is 2.33. The number of carbonyl (C=O) groups is 2. The lowest BCUT2D eigenvalue weighted by Crippen LogP contribution is -2.41. The van der Waals surface area contributed by atoms with Crippen LogP contribution in [0.3, 0.4) is 0 Å². The van der Waals surface area contributed by atoms with Crippen molar-refractivity contribution in [3.63, 3.8) is 0 Å². The minimum atomic E-state index is -0.891. The van der Waals surface area contributed by atoms with Gasteiger partial charge in [-0.1, -0.05) is 13.8 Å². The Hall–Kier alpha value is -0.710. The first-order valence-corrected chi connectivity index (χ1v) is 6.28. The molecule has 0 aromatic carbocycles. The van der Waals surface area contributed by atoms with Gasteiger partial charge < -0.3 is 10.0 Å². The number of carboxylic acid groups (broad SMARTS) is 1. The van der Waals surface area contributed by atoms with Crippen molar-refractivity contribution in [2.45, 2.75) is 32.7 Å². The molecule has 0 aliphatic carbocycles. The summed E-state index contributed by atoms with van der Waals surface area (Å²) in [5.41, 5.74) is 0. The van der Waals surface area contributed by atoms with Crippen LogP contribution in [0.25, 0.3) is 0 Å². The summed E-state index contributed by atoms with van der Waals surface area (Å²) < 4.78 is 0. The molecule has 0 saturated carbocycles. The lowest BCUT2D eigenvalue weighted by Gasteiger charge is -2.20. The van der Waals surface area contributed by atoms with Gasteiger partial charge in [-0.25, -0.2) is 4.79 Å². The molecule has 1 atom stereocenters. The first-order chi connectivity index (χ1) is 7.02. The number of carboxylic acids is 1. The first-order valence-electron chi connectivity index (χ1n) is 5.12. The molecule has 0 radical (unpaired) electrons. The molecular formula is C10H17NO3S. The Morgan fingerprint density at radius 2 is 2.20 bits per heavy atom. The maximum atomic E-state index is 11.7. The molecule has 1 saturated heterocycles. The van der Waals surface area contributed by atoms with E-state index in [2.05, 4.69) is 13.8 Å². The third-order valence-corrected chi connectivity index (χ3v) is 3.44. The highest BCUT2D eigenvalue weighted by molar-refractivity contribution is 7.99. The van der Waals surface area contributed by atoms with Gasteiger partial charge in [0.1, 0.15) is 6.04 Å². The van der Waals surface area contributed by atoms with E-state index >= 15 is 0 Å². The molecule has 4 nitrogen and oxygen atoms in total.